The third-order valence-electron chi connectivity index (χ3n) is 2.99. The molecule has 1 atom stereocenters. The Morgan fingerprint density at radius 3 is 2.48 bits per heavy atom. The fraction of sp³-hybridized carbons (Fsp3) is 0.500. The molecule has 3 N–H and O–H groups in total. The molecule has 6 nitrogen and oxygen atoms in total. The second-order valence-electron chi connectivity index (χ2n) is 4.98. The van der Waals surface area contributed by atoms with E-state index in [-0.39, 0.29) is 35.9 Å². The van der Waals surface area contributed by atoms with Crippen LogP contribution in [0.25, 0.3) is 0 Å². The van der Waals surface area contributed by atoms with Gasteiger partial charge in [-0.1, -0.05) is 18.2 Å². The summed E-state index contributed by atoms with van der Waals surface area (Å²) in [6.45, 7) is 3.99. The predicted molar refractivity (Wildman–Crippen MR) is 105 cm³/mol. The maximum absolute atomic E-state index is 11.8. The first-order valence-electron chi connectivity index (χ1n) is 7.46. The van der Waals surface area contributed by atoms with Gasteiger partial charge in [0, 0.05) is 38.9 Å². The quantitative estimate of drug-likeness (QED) is 0.252. The fourth-order valence-corrected chi connectivity index (χ4v) is 1.91. The third-order valence-corrected chi connectivity index (χ3v) is 2.99. The molecule has 1 aromatic rings. The van der Waals surface area contributed by atoms with Crippen molar-refractivity contribution in [3.63, 3.8) is 0 Å². The first kappa shape index (κ1) is 21.6. The van der Waals surface area contributed by atoms with E-state index >= 15 is 0 Å². The summed E-state index contributed by atoms with van der Waals surface area (Å²) in [4.78, 5) is 16.0. The van der Waals surface area contributed by atoms with Crippen LogP contribution in [0.4, 0.5) is 0 Å². The molecule has 0 saturated carbocycles. The second kappa shape index (κ2) is 13.1. The molecular weight excluding hydrogens is 407 g/mol. The minimum Gasteiger partial charge on any atom is -0.383 e. The molecule has 23 heavy (non-hydrogen) atoms. The summed E-state index contributed by atoms with van der Waals surface area (Å²) in [7, 11) is 3.40. The van der Waals surface area contributed by atoms with Crippen LogP contribution < -0.4 is 16.0 Å². The first-order valence-corrected chi connectivity index (χ1v) is 7.46. The Kier molecular flexibility index (Phi) is 12.4. The summed E-state index contributed by atoms with van der Waals surface area (Å²) in [6.07, 6.45) is 0.817. The van der Waals surface area contributed by atoms with Crippen molar-refractivity contribution in [1.29, 1.82) is 0 Å². The monoisotopic (exact) mass is 434 g/mol. The number of carbonyl (C=O) groups excluding carboxylic acids is 1. The topological polar surface area (TPSA) is 74.8 Å². The third kappa shape index (κ3) is 9.39. The number of benzene rings is 1. The van der Waals surface area contributed by atoms with Gasteiger partial charge in [-0.15, -0.1) is 24.0 Å². The van der Waals surface area contributed by atoms with Gasteiger partial charge < -0.3 is 20.7 Å². The van der Waals surface area contributed by atoms with Crippen molar-refractivity contribution in [2.45, 2.75) is 19.4 Å². The predicted octanol–water partition coefficient (Wildman–Crippen LogP) is 1.62. The van der Waals surface area contributed by atoms with Crippen molar-refractivity contribution < 1.29 is 9.53 Å². The first-order chi connectivity index (χ1) is 10.7. The molecule has 130 valence electrons. The Morgan fingerprint density at radius 2 is 1.87 bits per heavy atom. The molecule has 0 radical (unpaired) electrons. The van der Waals surface area contributed by atoms with Crippen LogP contribution in [0.5, 0.6) is 0 Å². The lowest BCUT2D eigenvalue weighted by Crippen LogP contribution is -2.44. The molecule has 1 amide bonds. The molecule has 0 aliphatic carbocycles. The van der Waals surface area contributed by atoms with E-state index in [0.717, 1.165) is 18.9 Å². The van der Waals surface area contributed by atoms with Crippen LogP contribution >= 0.6 is 24.0 Å². The number of halogens is 1. The Morgan fingerprint density at radius 1 is 1.22 bits per heavy atom. The number of ether oxygens (including phenoxy) is 1. The number of carbonyl (C=O) groups is 1. The number of nitrogens with zero attached hydrogens (tertiary/aromatic N) is 1. The molecule has 1 rings (SSSR count). The van der Waals surface area contributed by atoms with Gasteiger partial charge in [0.2, 0.25) is 0 Å². The molecule has 1 aromatic carbocycles. The number of hydrogen-bond donors (Lipinski definition) is 3. The fourth-order valence-electron chi connectivity index (χ4n) is 1.91. The number of amides is 1. The van der Waals surface area contributed by atoms with Crippen LogP contribution in [0.3, 0.4) is 0 Å². The highest BCUT2D eigenvalue weighted by atomic mass is 127. The van der Waals surface area contributed by atoms with Gasteiger partial charge in [-0.05, 0) is 25.5 Å². The van der Waals surface area contributed by atoms with Crippen molar-refractivity contribution >= 4 is 35.8 Å². The minimum absolute atomic E-state index is 0. The maximum atomic E-state index is 11.8. The Bertz CT molecular complexity index is 468. The molecule has 0 bridgehead atoms. The second-order valence-corrected chi connectivity index (χ2v) is 4.98. The minimum atomic E-state index is -0.0446. The molecule has 1 unspecified atom stereocenters. The van der Waals surface area contributed by atoms with Crippen LogP contribution in [0.1, 0.15) is 23.7 Å². The standard InChI is InChI=1S/C16H26N4O2.HI/c1-13(12-22-3)20-16(17-2)19-11-7-10-18-15(21)14-8-5-4-6-9-14;/h4-6,8-9,13H,7,10-12H2,1-3H3,(H,18,21)(H2,17,19,20);1H. The molecular formula is C16H27IN4O2. The molecule has 0 fully saturated rings. The number of aliphatic imine (C=N–C) groups is 1. The summed E-state index contributed by atoms with van der Waals surface area (Å²) in [5.74, 6) is 0.691. The van der Waals surface area contributed by atoms with E-state index in [1.807, 2.05) is 25.1 Å². The Balaban J connectivity index is 0.00000484. The summed E-state index contributed by atoms with van der Waals surface area (Å²) < 4.78 is 5.07. The van der Waals surface area contributed by atoms with Gasteiger partial charge in [0.05, 0.1) is 6.61 Å². The Hall–Kier alpha value is -1.35. The van der Waals surface area contributed by atoms with Crippen LogP contribution in [-0.2, 0) is 4.74 Å². The van der Waals surface area contributed by atoms with Crippen LogP contribution in [-0.4, -0.2) is 51.8 Å². The lowest BCUT2D eigenvalue weighted by Gasteiger charge is -2.17. The smallest absolute Gasteiger partial charge is 0.251 e. The molecule has 0 heterocycles. The summed E-state index contributed by atoms with van der Waals surface area (Å²) in [5.41, 5.74) is 0.682. The Labute approximate surface area is 155 Å². The van der Waals surface area contributed by atoms with E-state index in [4.69, 9.17) is 4.74 Å². The summed E-state index contributed by atoms with van der Waals surface area (Å²) >= 11 is 0. The summed E-state index contributed by atoms with van der Waals surface area (Å²) in [6, 6.07) is 9.39. The number of methoxy groups -OCH3 is 1. The average molecular weight is 434 g/mol. The highest BCUT2D eigenvalue weighted by Crippen LogP contribution is 1.97. The zero-order valence-corrected chi connectivity index (χ0v) is 16.3. The highest BCUT2D eigenvalue weighted by molar-refractivity contribution is 14.0. The van der Waals surface area contributed by atoms with Gasteiger partial charge in [0.1, 0.15) is 0 Å². The molecule has 7 heteroatoms. The number of nitrogens with one attached hydrogen (secondary N) is 3. The highest BCUT2D eigenvalue weighted by Gasteiger charge is 2.05. The van der Waals surface area contributed by atoms with Gasteiger partial charge >= 0.3 is 0 Å². The zero-order chi connectivity index (χ0) is 16.2. The molecule has 0 aliphatic heterocycles. The van der Waals surface area contributed by atoms with Crippen molar-refractivity contribution in [3.8, 4) is 0 Å². The van der Waals surface area contributed by atoms with Gasteiger partial charge in [0.25, 0.3) is 5.91 Å². The van der Waals surface area contributed by atoms with E-state index in [0.29, 0.717) is 18.7 Å². The molecule has 0 aromatic heterocycles. The number of guanidine groups is 1. The zero-order valence-electron chi connectivity index (χ0n) is 14.0. The summed E-state index contributed by atoms with van der Waals surface area (Å²) in [5, 5.41) is 9.32. The van der Waals surface area contributed by atoms with Crippen molar-refractivity contribution in [2.24, 2.45) is 4.99 Å². The van der Waals surface area contributed by atoms with Gasteiger partial charge in [-0.25, -0.2) is 0 Å². The van der Waals surface area contributed by atoms with Gasteiger partial charge in [-0.3, -0.25) is 9.79 Å². The van der Waals surface area contributed by atoms with Crippen LogP contribution in [0.15, 0.2) is 35.3 Å². The van der Waals surface area contributed by atoms with E-state index in [9.17, 15) is 4.79 Å². The number of rotatable bonds is 8. The van der Waals surface area contributed by atoms with E-state index in [1.54, 1.807) is 26.3 Å². The van der Waals surface area contributed by atoms with E-state index < -0.39 is 0 Å². The maximum Gasteiger partial charge on any atom is 0.251 e. The van der Waals surface area contributed by atoms with Crippen molar-refractivity contribution in [1.82, 2.24) is 16.0 Å². The van der Waals surface area contributed by atoms with Crippen LogP contribution in [0.2, 0.25) is 0 Å². The lowest BCUT2D eigenvalue weighted by molar-refractivity contribution is 0.0953. The lowest BCUT2D eigenvalue weighted by atomic mass is 10.2. The van der Waals surface area contributed by atoms with Crippen molar-refractivity contribution in [2.75, 3.05) is 33.9 Å². The molecule has 0 aliphatic rings. The average Bonchev–Trinajstić information content (AvgIpc) is 2.54. The van der Waals surface area contributed by atoms with Crippen molar-refractivity contribution in [3.05, 3.63) is 35.9 Å². The normalized spacial score (nSPS) is 12.0. The van der Waals surface area contributed by atoms with Gasteiger partial charge in [-0.2, -0.15) is 0 Å². The largest absolute Gasteiger partial charge is 0.383 e. The van der Waals surface area contributed by atoms with E-state index in [2.05, 4.69) is 20.9 Å². The van der Waals surface area contributed by atoms with Gasteiger partial charge in [0.15, 0.2) is 5.96 Å². The number of hydrogen-bond acceptors (Lipinski definition) is 3. The SMILES string of the molecule is CN=C(NCCCNC(=O)c1ccccc1)NC(C)COC.I. The molecule has 0 saturated heterocycles. The molecule has 0 spiro atoms. The van der Waals surface area contributed by atoms with E-state index in [1.165, 1.54) is 0 Å². The van der Waals surface area contributed by atoms with Crippen LogP contribution in [0, 0.1) is 0 Å².